The average molecular weight is 291 g/mol. The third kappa shape index (κ3) is 6.03. The first-order valence-corrected chi connectivity index (χ1v) is 7.41. The number of guanidine groups is 1. The highest BCUT2D eigenvalue weighted by Crippen LogP contribution is 2.41. The van der Waals surface area contributed by atoms with Crippen molar-refractivity contribution in [2.75, 3.05) is 33.4 Å². The van der Waals surface area contributed by atoms with E-state index in [2.05, 4.69) is 15.6 Å². The molecule has 20 heavy (non-hydrogen) atoms. The predicted molar refractivity (Wildman–Crippen MR) is 77.4 cm³/mol. The lowest BCUT2D eigenvalue weighted by molar-refractivity contribution is 0.141. The smallest absolute Gasteiger partial charge is 0.255 e. The van der Waals surface area contributed by atoms with Crippen LogP contribution in [0.25, 0.3) is 0 Å². The van der Waals surface area contributed by atoms with Crippen LogP contribution in [-0.2, 0) is 4.74 Å². The van der Waals surface area contributed by atoms with Crippen molar-refractivity contribution in [1.29, 1.82) is 0 Å². The molecule has 4 nitrogen and oxygen atoms in total. The van der Waals surface area contributed by atoms with E-state index in [0.29, 0.717) is 19.0 Å². The molecule has 0 aromatic heterocycles. The Morgan fingerprint density at radius 1 is 1.30 bits per heavy atom. The Kier molecular flexibility index (Phi) is 7.80. The molecule has 0 unspecified atom stereocenters. The molecule has 1 fully saturated rings. The summed E-state index contributed by atoms with van der Waals surface area (Å²) in [6, 6.07) is 0. The normalized spacial score (nSPS) is 18.6. The Labute approximate surface area is 120 Å². The maximum absolute atomic E-state index is 12.3. The molecular weight excluding hydrogens is 264 g/mol. The van der Waals surface area contributed by atoms with Crippen molar-refractivity contribution < 1.29 is 13.5 Å². The second kappa shape index (κ2) is 9.10. The van der Waals surface area contributed by atoms with Crippen molar-refractivity contribution in [2.24, 2.45) is 10.4 Å². The number of halogens is 2. The van der Waals surface area contributed by atoms with E-state index in [-0.39, 0.29) is 12.0 Å². The number of hydrogen-bond acceptors (Lipinski definition) is 2. The van der Waals surface area contributed by atoms with Gasteiger partial charge in [0.25, 0.3) is 6.43 Å². The standard InChI is InChI=1S/C14H27F2N3O/c1-3-17-13(18-10-12(15)16)19-11-14(8-9-20-2)6-4-5-7-14/h12H,3-11H2,1-2H3,(H2,17,18,19). The van der Waals surface area contributed by atoms with Crippen molar-refractivity contribution in [3.05, 3.63) is 0 Å². The number of nitrogens with zero attached hydrogens (tertiary/aromatic N) is 1. The zero-order valence-electron chi connectivity index (χ0n) is 12.6. The fourth-order valence-electron chi connectivity index (χ4n) is 2.69. The number of ether oxygens (including phenoxy) is 1. The number of aliphatic imine (C=N–C) groups is 1. The van der Waals surface area contributed by atoms with Gasteiger partial charge in [0, 0.05) is 26.8 Å². The van der Waals surface area contributed by atoms with Crippen LogP contribution in [0.3, 0.4) is 0 Å². The predicted octanol–water partition coefficient (Wildman–Crippen LogP) is 2.40. The summed E-state index contributed by atoms with van der Waals surface area (Å²) < 4.78 is 29.7. The van der Waals surface area contributed by atoms with E-state index < -0.39 is 6.43 Å². The number of methoxy groups -OCH3 is 1. The minimum absolute atomic E-state index is 0.184. The summed E-state index contributed by atoms with van der Waals surface area (Å²) in [7, 11) is 1.71. The molecule has 1 saturated carbocycles. The third-order valence-electron chi connectivity index (χ3n) is 3.84. The van der Waals surface area contributed by atoms with Gasteiger partial charge in [-0.25, -0.2) is 8.78 Å². The summed E-state index contributed by atoms with van der Waals surface area (Å²) in [5.41, 5.74) is 0.184. The van der Waals surface area contributed by atoms with Crippen LogP contribution in [0, 0.1) is 5.41 Å². The fourth-order valence-corrected chi connectivity index (χ4v) is 2.69. The van der Waals surface area contributed by atoms with E-state index in [1.807, 2.05) is 6.92 Å². The topological polar surface area (TPSA) is 45.7 Å². The molecule has 0 aromatic rings. The van der Waals surface area contributed by atoms with Gasteiger partial charge in [0.2, 0.25) is 0 Å². The third-order valence-corrected chi connectivity index (χ3v) is 3.84. The largest absolute Gasteiger partial charge is 0.385 e. The molecule has 6 heteroatoms. The van der Waals surface area contributed by atoms with Gasteiger partial charge in [-0.05, 0) is 31.6 Å². The monoisotopic (exact) mass is 291 g/mol. The number of rotatable bonds is 8. The van der Waals surface area contributed by atoms with Crippen LogP contribution in [0.5, 0.6) is 0 Å². The number of hydrogen-bond donors (Lipinski definition) is 2. The minimum atomic E-state index is -2.37. The summed E-state index contributed by atoms with van der Waals surface area (Å²) in [6.07, 6.45) is 3.36. The first-order chi connectivity index (χ1) is 9.62. The summed E-state index contributed by atoms with van der Waals surface area (Å²) in [6.45, 7) is 3.64. The Bertz CT molecular complexity index is 292. The Morgan fingerprint density at radius 2 is 2.00 bits per heavy atom. The molecule has 0 saturated heterocycles. The number of alkyl halides is 2. The van der Waals surface area contributed by atoms with E-state index >= 15 is 0 Å². The van der Waals surface area contributed by atoms with Gasteiger partial charge >= 0.3 is 0 Å². The summed E-state index contributed by atoms with van der Waals surface area (Å²) in [5, 5.41) is 5.68. The lowest BCUT2D eigenvalue weighted by atomic mass is 9.83. The lowest BCUT2D eigenvalue weighted by Gasteiger charge is -2.27. The molecule has 0 heterocycles. The highest BCUT2D eigenvalue weighted by Gasteiger charge is 2.33. The quantitative estimate of drug-likeness (QED) is 0.533. The van der Waals surface area contributed by atoms with Gasteiger partial charge in [0.15, 0.2) is 5.96 Å². The minimum Gasteiger partial charge on any atom is -0.385 e. The van der Waals surface area contributed by atoms with E-state index in [1.165, 1.54) is 12.8 Å². The van der Waals surface area contributed by atoms with Crippen LogP contribution in [-0.4, -0.2) is 45.7 Å². The average Bonchev–Trinajstić information content (AvgIpc) is 2.89. The maximum atomic E-state index is 12.3. The summed E-state index contributed by atoms with van der Waals surface area (Å²) in [4.78, 5) is 4.50. The van der Waals surface area contributed by atoms with Gasteiger partial charge in [-0.15, -0.1) is 0 Å². The zero-order chi connectivity index (χ0) is 14.8. The second-order valence-corrected chi connectivity index (χ2v) is 5.42. The van der Waals surface area contributed by atoms with Gasteiger partial charge in [0.05, 0.1) is 6.54 Å². The van der Waals surface area contributed by atoms with E-state index in [4.69, 9.17) is 4.74 Å². The highest BCUT2D eigenvalue weighted by molar-refractivity contribution is 5.79. The molecule has 0 atom stereocenters. The van der Waals surface area contributed by atoms with Gasteiger partial charge in [-0.2, -0.15) is 0 Å². The molecule has 0 aromatic carbocycles. The molecule has 2 N–H and O–H groups in total. The lowest BCUT2D eigenvalue weighted by Crippen LogP contribution is -2.40. The molecule has 1 aliphatic rings. The van der Waals surface area contributed by atoms with Crippen LogP contribution in [0.1, 0.15) is 39.0 Å². The van der Waals surface area contributed by atoms with Crippen LogP contribution < -0.4 is 10.6 Å². The van der Waals surface area contributed by atoms with Gasteiger partial charge in [-0.1, -0.05) is 12.8 Å². The molecule has 118 valence electrons. The summed E-state index contributed by atoms with van der Waals surface area (Å²) in [5.74, 6) is 0.483. The second-order valence-electron chi connectivity index (χ2n) is 5.42. The molecule has 1 aliphatic carbocycles. The van der Waals surface area contributed by atoms with Crippen molar-refractivity contribution in [3.8, 4) is 0 Å². The highest BCUT2D eigenvalue weighted by atomic mass is 19.3. The van der Waals surface area contributed by atoms with Crippen LogP contribution in [0.4, 0.5) is 8.78 Å². The van der Waals surface area contributed by atoms with Crippen LogP contribution >= 0.6 is 0 Å². The van der Waals surface area contributed by atoms with Gasteiger partial charge in [0.1, 0.15) is 0 Å². The first-order valence-electron chi connectivity index (χ1n) is 7.41. The van der Waals surface area contributed by atoms with E-state index in [1.54, 1.807) is 7.11 Å². The van der Waals surface area contributed by atoms with Gasteiger partial charge in [-0.3, -0.25) is 4.99 Å². The zero-order valence-corrected chi connectivity index (χ0v) is 12.6. The van der Waals surface area contributed by atoms with Gasteiger partial charge < -0.3 is 15.4 Å². The van der Waals surface area contributed by atoms with Crippen LogP contribution in [0.2, 0.25) is 0 Å². The van der Waals surface area contributed by atoms with E-state index in [0.717, 1.165) is 25.9 Å². The Balaban J connectivity index is 2.57. The molecule has 0 amide bonds. The molecule has 0 spiro atoms. The Morgan fingerprint density at radius 3 is 2.55 bits per heavy atom. The SMILES string of the molecule is CCNC(=NCC1(CCOC)CCCC1)NCC(F)F. The molecule has 0 aliphatic heterocycles. The maximum Gasteiger partial charge on any atom is 0.255 e. The molecule has 0 bridgehead atoms. The summed E-state index contributed by atoms with van der Waals surface area (Å²) >= 11 is 0. The molecular formula is C14H27F2N3O. The molecule has 1 rings (SSSR count). The first kappa shape index (κ1) is 17.1. The van der Waals surface area contributed by atoms with Crippen molar-refractivity contribution in [3.63, 3.8) is 0 Å². The van der Waals surface area contributed by atoms with Crippen molar-refractivity contribution >= 4 is 5.96 Å². The number of nitrogens with one attached hydrogen (secondary N) is 2. The fraction of sp³-hybridized carbons (Fsp3) is 0.929. The molecule has 0 radical (unpaired) electrons. The van der Waals surface area contributed by atoms with E-state index in [9.17, 15) is 8.78 Å². The van der Waals surface area contributed by atoms with Crippen molar-refractivity contribution in [1.82, 2.24) is 10.6 Å². The van der Waals surface area contributed by atoms with Crippen molar-refractivity contribution in [2.45, 2.75) is 45.5 Å². The Hall–Kier alpha value is -0.910. The van der Waals surface area contributed by atoms with Crippen LogP contribution in [0.15, 0.2) is 4.99 Å².